The number of piperidine rings is 1. The van der Waals surface area contributed by atoms with E-state index in [1.54, 1.807) is 4.52 Å². The molecule has 1 aliphatic rings. The van der Waals surface area contributed by atoms with Crippen LogP contribution in [0.1, 0.15) is 31.0 Å². The molecule has 2 aromatic heterocycles. The predicted molar refractivity (Wildman–Crippen MR) is 117 cm³/mol. The quantitative estimate of drug-likeness (QED) is 0.582. The van der Waals surface area contributed by atoms with Crippen molar-refractivity contribution in [1.29, 1.82) is 0 Å². The molecule has 0 spiro atoms. The van der Waals surface area contributed by atoms with Crippen LogP contribution in [0.25, 0.3) is 5.78 Å². The van der Waals surface area contributed by atoms with E-state index in [1.165, 1.54) is 19.3 Å². The lowest BCUT2D eigenvalue weighted by molar-refractivity contribution is -0.128. The predicted octanol–water partition coefficient (Wildman–Crippen LogP) is 1.54. The second-order valence-corrected chi connectivity index (χ2v) is 8.20. The third-order valence-electron chi connectivity index (χ3n) is 5.64. The zero-order valence-corrected chi connectivity index (χ0v) is 18.4. The van der Waals surface area contributed by atoms with Gasteiger partial charge < -0.3 is 15.5 Å². The maximum Gasteiger partial charge on any atom is 0.254 e. The van der Waals surface area contributed by atoms with Crippen LogP contribution in [0.4, 0.5) is 14.6 Å². The first-order valence-corrected chi connectivity index (χ1v) is 10.7. The molecule has 3 heterocycles. The molecule has 4 rings (SSSR count). The van der Waals surface area contributed by atoms with Gasteiger partial charge in [-0.1, -0.05) is 6.07 Å². The molecule has 33 heavy (non-hydrogen) atoms. The van der Waals surface area contributed by atoms with Gasteiger partial charge in [-0.25, -0.2) is 13.8 Å². The number of halogens is 2. The van der Waals surface area contributed by atoms with Crippen LogP contribution in [-0.2, 0) is 16.0 Å². The lowest BCUT2D eigenvalue weighted by Crippen LogP contribution is -2.52. The summed E-state index contributed by atoms with van der Waals surface area (Å²) in [5.41, 5.74) is 1.26. The minimum absolute atomic E-state index is 0.0576. The van der Waals surface area contributed by atoms with Crippen LogP contribution in [0.15, 0.2) is 30.6 Å². The fourth-order valence-electron chi connectivity index (χ4n) is 4.05. The van der Waals surface area contributed by atoms with Crippen LogP contribution in [0.2, 0.25) is 0 Å². The van der Waals surface area contributed by atoms with Gasteiger partial charge in [0.05, 0.1) is 0 Å². The fourth-order valence-corrected chi connectivity index (χ4v) is 4.05. The van der Waals surface area contributed by atoms with Gasteiger partial charge in [-0.05, 0) is 37.5 Å². The monoisotopic (exact) mass is 457 g/mol. The van der Waals surface area contributed by atoms with E-state index in [9.17, 15) is 18.4 Å². The molecular weight excluding hydrogens is 432 g/mol. The summed E-state index contributed by atoms with van der Waals surface area (Å²) in [6.07, 6.45) is 2.91. The Morgan fingerprint density at radius 2 is 1.94 bits per heavy atom. The molecule has 1 fully saturated rings. The van der Waals surface area contributed by atoms with Crippen LogP contribution in [0.5, 0.6) is 0 Å². The zero-order chi connectivity index (χ0) is 23.5. The van der Waals surface area contributed by atoms with Gasteiger partial charge in [0.2, 0.25) is 11.8 Å². The van der Waals surface area contributed by atoms with E-state index in [1.807, 2.05) is 13.0 Å². The molecule has 1 atom stereocenters. The number of rotatable bonds is 6. The number of fused-ring (bicyclic) bond motifs is 1. The van der Waals surface area contributed by atoms with Crippen LogP contribution in [0.3, 0.4) is 0 Å². The molecule has 0 unspecified atom stereocenters. The van der Waals surface area contributed by atoms with Gasteiger partial charge in [0.25, 0.3) is 5.78 Å². The molecule has 0 saturated carbocycles. The van der Waals surface area contributed by atoms with Crippen LogP contribution < -0.4 is 15.5 Å². The lowest BCUT2D eigenvalue weighted by Gasteiger charge is -2.34. The van der Waals surface area contributed by atoms with E-state index in [2.05, 4.69) is 30.6 Å². The molecule has 2 amide bonds. The average Bonchev–Trinajstić information content (AvgIpc) is 3.24. The Morgan fingerprint density at radius 3 is 2.64 bits per heavy atom. The highest BCUT2D eigenvalue weighted by molar-refractivity contribution is 5.87. The number of hydrogen-bond donors (Lipinski definition) is 2. The molecule has 0 aliphatic carbocycles. The maximum atomic E-state index is 13.6. The fraction of sp³-hybridized carbons (Fsp3) is 0.409. The molecular formula is C22H25F2N7O2. The highest BCUT2D eigenvalue weighted by Crippen LogP contribution is 2.21. The Labute approximate surface area is 189 Å². The van der Waals surface area contributed by atoms with Gasteiger partial charge in [0.15, 0.2) is 11.6 Å². The molecule has 2 N–H and O–H groups in total. The van der Waals surface area contributed by atoms with E-state index in [4.69, 9.17) is 0 Å². The Bertz CT molecular complexity index is 1170. The second-order valence-electron chi connectivity index (χ2n) is 8.20. The van der Waals surface area contributed by atoms with E-state index in [-0.39, 0.29) is 24.3 Å². The third kappa shape index (κ3) is 5.24. The van der Waals surface area contributed by atoms with Crippen molar-refractivity contribution in [3.8, 4) is 0 Å². The van der Waals surface area contributed by atoms with Gasteiger partial charge in [-0.15, -0.1) is 0 Å². The molecule has 1 aliphatic heterocycles. The first-order valence-electron chi connectivity index (χ1n) is 10.7. The number of anilines is 1. The topological polar surface area (TPSA) is 105 Å². The number of carbonyl (C=O) groups is 2. The minimum atomic E-state index is -0.991. The molecule has 11 heteroatoms. The average molecular weight is 457 g/mol. The Kier molecular flexibility index (Phi) is 6.47. The van der Waals surface area contributed by atoms with E-state index >= 15 is 0 Å². The third-order valence-corrected chi connectivity index (χ3v) is 5.64. The first kappa shape index (κ1) is 22.6. The smallest absolute Gasteiger partial charge is 0.254 e. The van der Waals surface area contributed by atoms with Crippen molar-refractivity contribution in [3.63, 3.8) is 0 Å². The van der Waals surface area contributed by atoms with Crippen molar-refractivity contribution < 1.29 is 18.4 Å². The van der Waals surface area contributed by atoms with Crippen molar-refractivity contribution in [2.75, 3.05) is 18.0 Å². The van der Waals surface area contributed by atoms with Gasteiger partial charge >= 0.3 is 0 Å². The molecule has 0 radical (unpaired) electrons. The summed E-state index contributed by atoms with van der Waals surface area (Å²) in [6, 6.07) is 4.44. The summed E-state index contributed by atoms with van der Waals surface area (Å²) in [5, 5.41) is 9.84. The SMILES string of the molecule is CC(=O)N[C@@H](Cc1ccc(F)c(F)c1)C(=O)NC1CCN(c2cc(C)nc3ncnn23)CC1. The number of aryl methyl sites for hydroxylation is 1. The highest BCUT2D eigenvalue weighted by Gasteiger charge is 2.27. The van der Waals surface area contributed by atoms with Crippen LogP contribution in [-0.4, -0.2) is 56.6 Å². The lowest BCUT2D eigenvalue weighted by atomic mass is 10.0. The molecule has 1 aromatic carbocycles. The van der Waals surface area contributed by atoms with Crippen LogP contribution >= 0.6 is 0 Å². The van der Waals surface area contributed by atoms with Crippen molar-refractivity contribution in [2.24, 2.45) is 0 Å². The zero-order valence-electron chi connectivity index (χ0n) is 18.4. The molecule has 3 aromatic rings. The number of amides is 2. The number of nitrogens with zero attached hydrogens (tertiary/aromatic N) is 5. The highest BCUT2D eigenvalue weighted by atomic mass is 19.2. The van der Waals surface area contributed by atoms with Crippen molar-refractivity contribution in [2.45, 2.75) is 45.2 Å². The Morgan fingerprint density at radius 1 is 1.18 bits per heavy atom. The molecule has 174 valence electrons. The van der Waals surface area contributed by atoms with E-state index in [0.717, 1.165) is 23.6 Å². The summed E-state index contributed by atoms with van der Waals surface area (Å²) in [5.74, 6) is -1.25. The Hall–Kier alpha value is -3.63. The normalized spacial score (nSPS) is 15.5. The first-order chi connectivity index (χ1) is 15.8. The number of nitrogens with one attached hydrogen (secondary N) is 2. The van der Waals surface area contributed by atoms with E-state index in [0.29, 0.717) is 37.3 Å². The van der Waals surface area contributed by atoms with E-state index < -0.39 is 17.7 Å². The van der Waals surface area contributed by atoms with Gasteiger partial charge in [-0.2, -0.15) is 14.6 Å². The standard InChI is InChI=1S/C22H25F2N7O2/c1-13-9-20(31-22(27-13)25-12-26-31)30-7-5-16(6-8-30)29-21(33)19(28-14(2)32)11-15-3-4-17(23)18(24)10-15/h3-4,9-10,12,16,19H,5-8,11H2,1-2H3,(H,28,32)(H,29,33)/t19-/m0/s1. The number of benzene rings is 1. The largest absolute Gasteiger partial charge is 0.356 e. The molecule has 9 nitrogen and oxygen atoms in total. The second kappa shape index (κ2) is 9.47. The Balaban J connectivity index is 1.39. The summed E-state index contributed by atoms with van der Waals surface area (Å²) < 4.78 is 28.5. The van der Waals surface area contributed by atoms with Crippen molar-refractivity contribution in [3.05, 3.63) is 53.5 Å². The minimum Gasteiger partial charge on any atom is -0.356 e. The molecule has 0 bridgehead atoms. The van der Waals surface area contributed by atoms with Gasteiger partial charge in [-0.3, -0.25) is 9.59 Å². The van der Waals surface area contributed by atoms with Gasteiger partial charge in [0, 0.05) is 44.2 Å². The van der Waals surface area contributed by atoms with Crippen molar-refractivity contribution in [1.82, 2.24) is 30.2 Å². The number of carbonyl (C=O) groups excluding carboxylic acids is 2. The summed E-state index contributed by atoms with van der Waals surface area (Å²) in [4.78, 5) is 35.2. The summed E-state index contributed by atoms with van der Waals surface area (Å²) in [7, 11) is 0. The number of aromatic nitrogens is 4. The van der Waals surface area contributed by atoms with Gasteiger partial charge in [0.1, 0.15) is 18.2 Å². The van der Waals surface area contributed by atoms with Crippen molar-refractivity contribution >= 4 is 23.4 Å². The van der Waals surface area contributed by atoms with Crippen LogP contribution in [0, 0.1) is 18.6 Å². The molecule has 1 saturated heterocycles. The summed E-state index contributed by atoms with van der Waals surface area (Å²) in [6.45, 7) is 4.60. The maximum absolute atomic E-state index is 13.6. The number of hydrogen-bond acceptors (Lipinski definition) is 6. The summed E-state index contributed by atoms with van der Waals surface area (Å²) >= 11 is 0.